The summed E-state index contributed by atoms with van der Waals surface area (Å²) in [5.41, 5.74) is 0. The maximum atomic E-state index is 9.95. The lowest BCUT2D eigenvalue weighted by Crippen LogP contribution is -2.12. The molecule has 2 aromatic rings. The van der Waals surface area contributed by atoms with Crippen LogP contribution in [0.25, 0.3) is 0 Å². The van der Waals surface area contributed by atoms with E-state index < -0.39 is 6.10 Å². The molecule has 3 N–H and O–H groups in total. The molecule has 106 valence electrons. The molecule has 0 atom stereocenters. The monoisotopic (exact) mass is 308 g/mol. The molecule has 3 nitrogen and oxygen atoms in total. The van der Waals surface area contributed by atoms with Crippen molar-refractivity contribution < 1.29 is 15.3 Å². The van der Waals surface area contributed by atoms with Gasteiger partial charge in [-0.3, -0.25) is 0 Å². The highest BCUT2D eigenvalue weighted by molar-refractivity contribution is 8.00. The molecule has 5 heteroatoms. The van der Waals surface area contributed by atoms with Crippen LogP contribution < -0.4 is 0 Å². The van der Waals surface area contributed by atoms with Crippen LogP contribution in [0.4, 0.5) is 0 Å². The molecule has 0 radical (unpaired) electrons. The van der Waals surface area contributed by atoms with Gasteiger partial charge in [0, 0.05) is 21.3 Å². The van der Waals surface area contributed by atoms with E-state index in [9.17, 15) is 15.3 Å². The summed E-state index contributed by atoms with van der Waals surface area (Å²) in [6.45, 7) is 0. The zero-order valence-corrected chi connectivity index (χ0v) is 12.4. The van der Waals surface area contributed by atoms with E-state index in [4.69, 9.17) is 0 Å². The number of rotatable bonds is 6. The number of phenols is 2. The Morgan fingerprint density at radius 2 is 1.15 bits per heavy atom. The Hall–Kier alpha value is -1.30. The van der Waals surface area contributed by atoms with Crippen LogP contribution in [0, 0.1) is 0 Å². The Balaban J connectivity index is 1.80. The highest BCUT2D eigenvalue weighted by Crippen LogP contribution is 2.31. The number of aromatic hydroxyl groups is 2. The summed E-state index contributed by atoms with van der Waals surface area (Å²) in [6.07, 6.45) is -0.510. The first-order chi connectivity index (χ1) is 9.66. The van der Waals surface area contributed by atoms with E-state index in [1.165, 1.54) is 23.5 Å². The molecule has 0 aliphatic heterocycles. The zero-order valence-electron chi connectivity index (χ0n) is 10.8. The Morgan fingerprint density at radius 3 is 1.55 bits per heavy atom. The van der Waals surface area contributed by atoms with Crippen LogP contribution in [0.1, 0.15) is 0 Å². The lowest BCUT2D eigenvalue weighted by atomic mass is 10.3. The molecule has 0 fully saturated rings. The van der Waals surface area contributed by atoms with Crippen molar-refractivity contribution in [3.05, 3.63) is 48.5 Å². The van der Waals surface area contributed by atoms with E-state index in [1.807, 2.05) is 24.3 Å². The van der Waals surface area contributed by atoms with E-state index in [-0.39, 0.29) is 11.5 Å². The summed E-state index contributed by atoms with van der Waals surface area (Å²) in [4.78, 5) is 1.53. The van der Waals surface area contributed by atoms with E-state index >= 15 is 0 Å². The number of phenolic OH excluding ortho intramolecular Hbond substituents is 2. The maximum absolute atomic E-state index is 9.95. The van der Waals surface area contributed by atoms with Gasteiger partial charge in [0.2, 0.25) is 0 Å². The molecule has 2 aromatic carbocycles. The molecule has 0 aliphatic carbocycles. The maximum Gasteiger partial charge on any atom is 0.129 e. The Bertz CT molecular complexity index is 511. The molecule has 0 amide bonds. The largest absolute Gasteiger partial charge is 0.507 e. The van der Waals surface area contributed by atoms with Gasteiger partial charge in [-0.25, -0.2) is 0 Å². The minimum absolute atomic E-state index is 0.234. The van der Waals surface area contributed by atoms with Crippen molar-refractivity contribution in [3.63, 3.8) is 0 Å². The van der Waals surface area contributed by atoms with Gasteiger partial charge in [-0.1, -0.05) is 24.3 Å². The van der Waals surface area contributed by atoms with E-state index in [0.29, 0.717) is 11.5 Å². The topological polar surface area (TPSA) is 60.7 Å². The Kier molecular flexibility index (Phi) is 5.64. The van der Waals surface area contributed by atoms with Crippen LogP contribution >= 0.6 is 23.5 Å². The number of aliphatic hydroxyl groups is 1. The van der Waals surface area contributed by atoms with Crippen LogP contribution in [0.15, 0.2) is 58.3 Å². The molecule has 0 aromatic heterocycles. The fourth-order valence-electron chi connectivity index (χ4n) is 1.58. The van der Waals surface area contributed by atoms with Crippen molar-refractivity contribution in [1.29, 1.82) is 0 Å². The second kappa shape index (κ2) is 7.47. The van der Waals surface area contributed by atoms with Gasteiger partial charge in [-0.2, -0.15) is 0 Å². The molecule has 0 saturated heterocycles. The lowest BCUT2D eigenvalue weighted by Gasteiger charge is -2.11. The third-order valence-corrected chi connectivity index (χ3v) is 5.01. The first-order valence-electron chi connectivity index (χ1n) is 6.16. The predicted octanol–water partition coefficient (Wildman–Crippen LogP) is 3.34. The number of benzene rings is 2. The number of hydrogen-bond donors (Lipinski definition) is 3. The third-order valence-electron chi connectivity index (χ3n) is 2.59. The van der Waals surface area contributed by atoms with Crippen LogP contribution in [-0.2, 0) is 0 Å². The molecule has 0 heterocycles. The average molecular weight is 308 g/mol. The molecular weight excluding hydrogens is 292 g/mol. The summed E-state index contributed by atoms with van der Waals surface area (Å²) in [7, 11) is 0. The zero-order chi connectivity index (χ0) is 14.4. The molecule has 0 saturated carbocycles. The van der Waals surface area contributed by atoms with Crippen LogP contribution in [0.2, 0.25) is 0 Å². The molecule has 2 rings (SSSR count). The van der Waals surface area contributed by atoms with Gasteiger partial charge in [-0.05, 0) is 24.3 Å². The van der Waals surface area contributed by atoms with Gasteiger partial charge in [0.05, 0.1) is 6.10 Å². The van der Waals surface area contributed by atoms with E-state index in [2.05, 4.69) is 0 Å². The summed E-state index contributed by atoms with van der Waals surface area (Å²) in [5.74, 6) is 1.46. The Labute approximate surface area is 126 Å². The highest BCUT2D eigenvalue weighted by atomic mass is 32.2. The first-order valence-corrected chi connectivity index (χ1v) is 8.13. The van der Waals surface area contributed by atoms with Crippen molar-refractivity contribution in [3.8, 4) is 11.5 Å². The quantitative estimate of drug-likeness (QED) is 0.715. The van der Waals surface area contributed by atoms with Gasteiger partial charge >= 0.3 is 0 Å². The Morgan fingerprint density at radius 1 is 0.750 bits per heavy atom. The van der Waals surface area contributed by atoms with Gasteiger partial charge in [0.25, 0.3) is 0 Å². The first kappa shape index (κ1) is 15.1. The highest BCUT2D eigenvalue weighted by Gasteiger charge is 2.09. The smallest absolute Gasteiger partial charge is 0.129 e. The van der Waals surface area contributed by atoms with Gasteiger partial charge in [0.15, 0.2) is 0 Å². The van der Waals surface area contributed by atoms with Gasteiger partial charge < -0.3 is 15.3 Å². The third kappa shape index (κ3) is 4.37. The van der Waals surface area contributed by atoms with Crippen molar-refractivity contribution in [2.24, 2.45) is 0 Å². The normalized spacial score (nSPS) is 10.9. The summed E-state index contributed by atoms with van der Waals surface area (Å²) in [5, 5.41) is 29.2. The number of thioether (sulfide) groups is 2. The molecule has 0 unspecified atom stereocenters. The van der Waals surface area contributed by atoms with Crippen LogP contribution in [0.3, 0.4) is 0 Å². The minimum atomic E-state index is -0.510. The van der Waals surface area contributed by atoms with Crippen molar-refractivity contribution >= 4 is 23.5 Å². The number of hydrogen-bond acceptors (Lipinski definition) is 5. The molecular formula is C15H16O3S2. The predicted molar refractivity (Wildman–Crippen MR) is 83.7 cm³/mol. The lowest BCUT2D eigenvalue weighted by molar-refractivity contribution is 0.225. The standard InChI is InChI=1S/C15H16O3S2/c16-11(9-19-14-7-3-1-5-12(14)17)10-20-15-8-4-2-6-13(15)18/h1-8,11,16-18H,9-10H2. The minimum Gasteiger partial charge on any atom is -0.507 e. The SMILES string of the molecule is Oc1ccccc1SCC(O)CSc1ccccc1O. The molecule has 0 bridgehead atoms. The van der Waals surface area contributed by atoms with Crippen molar-refractivity contribution in [1.82, 2.24) is 0 Å². The summed E-state index contributed by atoms with van der Waals surface area (Å²) >= 11 is 2.84. The van der Waals surface area contributed by atoms with Crippen molar-refractivity contribution in [2.75, 3.05) is 11.5 Å². The molecule has 20 heavy (non-hydrogen) atoms. The fraction of sp³-hybridized carbons (Fsp3) is 0.200. The van der Waals surface area contributed by atoms with E-state index in [0.717, 1.165) is 9.79 Å². The summed E-state index contributed by atoms with van der Waals surface area (Å²) < 4.78 is 0. The second-order valence-corrected chi connectivity index (χ2v) is 6.33. The van der Waals surface area contributed by atoms with E-state index in [1.54, 1.807) is 24.3 Å². The molecule has 0 spiro atoms. The number of para-hydroxylation sites is 2. The van der Waals surface area contributed by atoms with Crippen LogP contribution in [-0.4, -0.2) is 32.9 Å². The van der Waals surface area contributed by atoms with Crippen LogP contribution in [0.5, 0.6) is 11.5 Å². The second-order valence-electron chi connectivity index (χ2n) is 4.21. The van der Waals surface area contributed by atoms with Crippen molar-refractivity contribution in [2.45, 2.75) is 15.9 Å². The van der Waals surface area contributed by atoms with Gasteiger partial charge in [-0.15, -0.1) is 23.5 Å². The molecule has 0 aliphatic rings. The number of aliphatic hydroxyl groups excluding tert-OH is 1. The summed E-state index contributed by atoms with van der Waals surface area (Å²) in [6, 6.07) is 14.1. The average Bonchev–Trinajstić information content (AvgIpc) is 2.45. The fourth-order valence-corrected chi connectivity index (χ4v) is 3.49. The van der Waals surface area contributed by atoms with Gasteiger partial charge in [0.1, 0.15) is 11.5 Å².